The summed E-state index contributed by atoms with van der Waals surface area (Å²) in [4.78, 5) is 13.8. The molecule has 0 fully saturated rings. The fraction of sp³-hybridized carbons (Fsp3) is 0.0833. The molecule has 3 N–H and O–H groups in total. The van der Waals surface area contributed by atoms with Gasteiger partial charge < -0.3 is 11.1 Å². The van der Waals surface area contributed by atoms with Gasteiger partial charge in [0.25, 0.3) is 5.69 Å². The molecule has 0 aliphatic carbocycles. The summed E-state index contributed by atoms with van der Waals surface area (Å²) in [6.45, 7) is 1.42. The van der Waals surface area contributed by atoms with Crippen molar-refractivity contribution >= 4 is 23.0 Å². The van der Waals surface area contributed by atoms with Gasteiger partial charge in [0.05, 0.1) is 22.7 Å². The Morgan fingerprint density at radius 3 is 2.60 bits per heavy atom. The summed E-state index contributed by atoms with van der Waals surface area (Å²) < 4.78 is 27.0. The molecule has 2 rings (SSSR count). The molecule has 104 valence electrons. The van der Waals surface area contributed by atoms with Gasteiger partial charge in [-0.15, -0.1) is 0 Å². The van der Waals surface area contributed by atoms with Crippen molar-refractivity contribution in [3.8, 4) is 0 Å². The first-order valence-electron chi connectivity index (χ1n) is 5.51. The van der Waals surface area contributed by atoms with Crippen LogP contribution in [0.4, 0.5) is 31.8 Å². The van der Waals surface area contributed by atoms with Crippen molar-refractivity contribution < 1.29 is 13.7 Å². The Hall–Kier alpha value is -2.77. The lowest BCUT2D eigenvalue weighted by Gasteiger charge is -2.08. The third kappa shape index (κ3) is 2.79. The molecule has 20 heavy (non-hydrogen) atoms. The van der Waals surface area contributed by atoms with E-state index in [0.29, 0.717) is 0 Å². The van der Waals surface area contributed by atoms with Gasteiger partial charge in [-0.3, -0.25) is 10.1 Å². The number of hydrogen-bond donors (Lipinski definition) is 2. The number of aromatic nitrogens is 1. The van der Waals surface area contributed by atoms with Crippen LogP contribution in [0.3, 0.4) is 0 Å². The van der Waals surface area contributed by atoms with E-state index < -0.39 is 16.6 Å². The minimum absolute atomic E-state index is 0.0427. The second-order valence-corrected chi connectivity index (χ2v) is 4.10. The first-order chi connectivity index (χ1) is 9.36. The Bertz CT molecular complexity index is 691. The van der Waals surface area contributed by atoms with Gasteiger partial charge in [-0.2, -0.15) is 0 Å². The minimum Gasteiger partial charge on any atom is -0.383 e. The molecule has 6 nitrogen and oxygen atoms in total. The van der Waals surface area contributed by atoms with E-state index in [1.165, 1.54) is 6.92 Å². The molecule has 2 aromatic rings. The number of benzene rings is 1. The van der Waals surface area contributed by atoms with Crippen LogP contribution >= 0.6 is 0 Å². The Morgan fingerprint density at radius 1 is 1.25 bits per heavy atom. The summed E-state index contributed by atoms with van der Waals surface area (Å²) in [7, 11) is 0. The second-order valence-electron chi connectivity index (χ2n) is 4.10. The number of anilines is 3. The van der Waals surface area contributed by atoms with Crippen LogP contribution in [0.1, 0.15) is 5.56 Å². The van der Waals surface area contributed by atoms with Gasteiger partial charge in [0.15, 0.2) is 0 Å². The highest BCUT2D eigenvalue weighted by molar-refractivity contribution is 5.62. The van der Waals surface area contributed by atoms with Gasteiger partial charge in [-0.25, -0.2) is 13.8 Å². The van der Waals surface area contributed by atoms with Crippen LogP contribution in [0, 0.1) is 28.7 Å². The van der Waals surface area contributed by atoms with Crippen molar-refractivity contribution in [2.45, 2.75) is 6.92 Å². The molecule has 1 aromatic carbocycles. The number of nitro groups is 1. The Kier molecular flexibility index (Phi) is 3.47. The zero-order valence-electron chi connectivity index (χ0n) is 10.4. The molecular formula is C12H10F2N4O2. The van der Waals surface area contributed by atoms with Crippen molar-refractivity contribution in [2.75, 3.05) is 11.1 Å². The molecular weight excluding hydrogens is 270 g/mol. The maximum Gasteiger partial charge on any atom is 0.276 e. The van der Waals surface area contributed by atoms with Crippen molar-refractivity contribution in [3.05, 3.63) is 51.6 Å². The van der Waals surface area contributed by atoms with E-state index >= 15 is 0 Å². The molecule has 0 radical (unpaired) electrons. The SMILES string of the molecule is Cc1cc(F)c(Nc2cc([N+](=O)[O-])cc(N)n2)cc1F. The first kappa shape index (κ1) is 13.7. The summed E-state index contributed by atoms with van der Waals surface area (Å²) in [5.41, 5.74) is 5.09. The number of aryl methyl sites for hydroxylation is 1. The van der Waals surface area contributed by atoms with Gasteiger partial charge in [-0.1, -0.05) is 0 Å². The lowest BCUT2D eigenvalue weighted by atomic mass is 10.2. The summed E-state index contributed by atoms with van der Waals surface area (Å²) in [6, 6.07) is 4.10. The smallest absolute Gasteiger partial charge is 0.276 e. The third-order valence-electron chi connectivity index (χ3n) is 2.55. The van der Waals surface area contributed by atoms with E-state index in [0.717, 1.165) is 24.3 Å². The highest BCUT2D eigenvalue weighted by atomic mass is 19.1. The summed E-state index contributed by atoms with van der Waals surface area (Å²) in [6.07, 6.45) is 0. The van der Waals surface area contributed by atoms with Gasteiger partial charge in [0.2, 0.25) is 0 Å². The second kappa shape index (κ2) is 5.08. The fourth-order valence-corrected chi connectivity index (χ4v) is 1.59. The standard InChI is InChI=1S/C12H10F2N4O2/c1-6-2-9(14)10(5-8(6)13)16-12-4-7(18(19)20)3-11(15)17-12/h2-5H,1H3,(H3,15,16,17). The number of nitrogens with two attached hydrogens (primary N) is 1. The number of hydrogen-bond acceptors (Lipinski definition) is 5. The predicted molar refractivity (Wildman–Crippen MR) is 69.7 cm³/mol. The van der Waals surface area contributed by atoms with Crippen LogP contribution in [-0.4, -0.2) is 9.91 Å². The average Bonchev–Trinajstić information content (AvgIpc) is 2.35. The Morgan fingerprint density at radius 2 is 1.95 bits per heavy atom. The first-order valence-corrected chi connectivity index (χ1v) is 5.51. The summed E-state index contributed by atoms with van der Waals surface area (Å²) in [5, 5.41) is 13.1. The average molecular weight is 280 g/mol. The highest BCUT2D eigenvalue weighted by Gasteiger charge is 2.12. The molecule has 1 heterocycles. The number of nitrogen functional groups attached to an aromatic ring is 1. The Balaban J connectivity index is 2.40. The lowest BCUT2D eigenvalue weighted by Crippen LogP contribution is -2.02. The van der Waals surface area contributed by atoms with Crippen molar-refractivity contribution in [1.29, 1.82) is 0 Å². The van der Waals surface area contributed by atoms with Crippen molar-refractivity contribution in [1.82, 2.24) is 4.98 Å². The number of pyridine rings is 1. The Labute approximate surface area is 112 Å². The third-order valence-corrected chi connectivity index (χ3v) is 2.55. The molecule has 0 atom stereocenters. The van der Waals surface area contributed by atoms with E-state index in [2.05, 4.69) is 10.3 Å². The van der Waals surface area contributed by atoms with Gasteiger partial charge >= 0.3 is 0 Å². The van der Waals surface area contributed by atoms with Crippen molar-refractivity contribution in [3.63, 3.8) is 0 Å². The highest BCUT2D eigenvalue weighted by Crippen LogP contribution is 2.25. The van der Waals surface area contributed by atoms with Gasteiger partial charge in [0.1, 0.15) is 23.3 Å². The fourth-order valence-electron chi connectivity index (χ4n) is 1.59. The van der Waals surface area contributed by atoms with Crippen LogP contribution in [0.5, 0.6) is 0 Å². The molecule has 8 heteroatoms. The van der Waals surface area contributed by atoms with E-state index in [-0.39, 0.29) is 28.6 Å². The van der Waals surface area contributed by atoms with Crippen LogP contribution in [0.2, 0.25) is 0 Å². The number of nitrogens with zero attached hydrogens (tertiary/aromatic N) is 2. The zero-order valence-corrected chi connectivity index (χ0v) is 10.4. The largest absolute Gasteiger partial charge is 0.383 e. The summed E-state index contributed by atoms with van der Waals surface area (Å²) >= 11 is 0. The van der Waals surface area contributed by atoms with Crippen LogP contribution in [0.25, 0.3) is 0 Å². The van der Waals surface area contributed by atoms with Gasteiger partial charge in [0, 0.05) is 6.07 Å². The van der Waals surface area contributed by atoms with Crippen LogP contribution in [-0.2, 0) is 0 Å². The molecule has 1 aromatic heterocycles. The van der Waals surface area contributed by atoms with E-state index in [1.807, 2.05) is 0 Å². The normalized spacial score (nSPS) is 10.3. The number of rotatable bonds is 3. The molecule has 0 saturated heterocycles. The number of nitrogens with one attached hydrogen (secondary N) is 1. The van der Waals surface area contributed by atoms with Gasteiger partial charge in [-0.05, 0) is 18.6 Å². The van der Waals surface area contributed by atoms with E-state index in [4.69, 9.17) is 5.73 Å². The molecule has 0 saturated carbocycles. The lowest BCUT2D eigenvalue weighted by molar-refractivity contribution is -0.384. The molecule has 0 aliphatic heterocycles. The molecule has 0 aliphatic rings. The molecule has 0 bridgehead atoms. The van der Waals surface area contributed by atoms with Crippen molar-refractivity contribution in [2.24, 2.45) is 0 Å². The van der Waals surface area contributed by atoms with E-state index in [9.17, 15) is 18.9 Å². The molecule has 0 unspecified atom stereocenters. The zero-order chi connectivity index (χ0) is 14.9. The quantitative estimate of drug-likeness (QED) is 0.666. The summed E-state index contributed by atoms with van der Waals surface area (Å²) in [5.74, 6) is -1.45. The van der Waals surface area contributed by atoms with Crippen LogP contribution in [0.15, 0.2) is 24.3 Å². The molecule has 0 spiro atoms. The maximum atomic E-state index is 13.7. The minimum atomic E-state index is -0.698. The van der Waals surface area contributed by atoms with E-state index in [1.54, 1.807) is 0 Å². The monoisotopic (exact) mass is 280 g/mol. The topological polar surface area (TPSA) is 94.1 Å². The maximum absolute atomic E-state index is 13.7. The van der Waals surface area contributed by atoms with Crippen LogP contribution < -0.4 is 11.1 Å². The molecule has 0 amide bonds. The number of halogens is 2. The predicted octanol–water partition coefficient (Wildman–Crippen LogP) is 2.90.